The van der Waals surface area contributed by atoms with E-state index in [0.29, 0.717) is 41.6 Å². The minimum atomic E-state index is -0.0826. The fourth-order valence-electron chi connectivity index (χ4n) is 2.95. The number of carbonyl (C=O) groups is 2. The van der Waals surface area contributed by atoms with Crippen molar-refractivity contribution >= 4 is 35.4 Å². The molecule has 1 saturated heterocycles. The Kier molecular flexibility index (Phi) is 6.54. The number of likely N-dealkylation sites (tertiary alicyclic amines) is 1. The molecule has 1 aliphatic heterocycles. The van der Waals surface area contributed by atoms with Crippen molar-refractivity contribution < 1.29 is 9.59 Å². The summed E-state index contributed by atoms with van der Waals surface area (Å²) in [5.41, 5.74) is 6.69. The molecule has 1 fully saturated rings. The molecule has 0 bridgehead atoms. The minimum absolute atomic E-state index is 0. The Labute approximate surface area is 152 Å². The molecule has 1 aromatic carbocycles. The number of benzene rings is 1. The van der Waals surface area contributed by atoms with Gasteiger partial charge in [-0.15, -0.1) is 23.7 Å². The molecule has 2 heterocycles. The van der Waals surface area contributed by atoms with E-state index in [1.807, 2.05) is 22.4 Å². The van der Waals surface area contributed by atoms with Crippen LogP contribution >= 0.6 is 23.7 Å². The van der Waals surface area contributed by atoms with Gasteiger partial charge in [-0.1, -0.05) is 24.3 Å². The minimum Gasteiger partial charge on any atom is -0.339 e. The first kappa shape index (κ1) is 18.6. The summed E-state index contributed by atoms with van der Waals surface area (Å²) in [7, 11) is 0. The number of hydrogen-bond donors (Lipinski definition) is 1. The maximum absolute atomic E-state index is 12.8. The standard InChI is InChI=1S/C18H20N2O2S.ClH/c19-12-13-7-9-20(10-8-13)18(22)15-5-2-1-4-14(15)17(21)16-6-3-11-23-16;/h1-6,11,13H,7-10,12,19H2;1H. The molecule has 128 valence electrons. The molecule has 2 aromatic rings. The summed E-state index contributed by atoms with van der Waals surface area (Å²) in [4.78, 5) is 28.0. The normalized spacial score (nSPS) is 15.0. The molecular formula is C18H21ClN2O2S. The lowest BCUT2D eigenvalue weighted by Gasteiger charge is -2.31. The van der Waals surface area contributed by atoms with E-state index in [2.05, 4.69) is 0 Å². The molecule has 0 atom stereocenters. The molecule has 1 aromatic heterocycles. The average Bonchev–Trinajstić information content (AvgIpc) is 3.15. The number of nitrogens with two attached hydrogens (primary N) is 1. The zero-order valence-electron chi connectivity index (χ0n) is 13.3. The molecular weight excluding hydrogens is 344 g/mol. The van der Waals surface area contributed by atoms with Crippen molar-refractivity contribution in [2.75, 3.05) is 19.6 Å². The number of piperidine rings is 1. The van der Waals surface area contributed by atoms with Crippen LogP contribution in [-0.2, 0) is 0 Å². The number of ketones is 1. The van der Waals surface area contributed by atoms with Gasteiger partial charge in [0.2, 0.25) is 5.78 Å². The third kappa shape index (κ3) is 3.86. The zero-order chi connectivity index (χ0) is 16.2. The Morgan fingerprint density at radius 3 is 2.33 bits per heavy atom. The summed E-state index contributed by atoms with van der Waals surface area (Å²) in [6, 6.07) is 10.7. The highest BCUT2D eigenvalue weighted by Gasteiger charge is 2.26. The van der Waals surface area contributed by atoms with Crippen LogP contribution in [0.2, 0.25) is 0 Å². The Balaban J connectivity index is 0.00000208. The third-order valence-corrected chi connectivity index (χ3v) is 5.25. The first-order chi connectivity index (χ1) is 11.2. The maximum atomic E-state index is 12.8. The van der Waals surface area contributed by atoms with E-state index >= 15 is 0 Å². The summed E-state index contributed by atoms with van der Waals surface area (Å²) < 4.78 is 0. The van der Waals surface area contributed by atoms with Crippen LogP contribution in [0.1, 0.15) is 38.4 Å². The van der Waals surface area contributed by atoms with Gasteiger partial charge in [0, 0.05) is 18.7 Å². The van der Waals surface area contributed by atoms with Crippen LogP contribution < -0.4 is 5.73 Å². The molecule has 6 heteroatoms. The highest BCUT2D eigenvalue weighted by molar-refractivity contribution is 7.12. The van der Waals surface area contributed by atoms with Gasteiger partial charge in [-0.05, 0) is 42.8 Å². The predicted octanol–water partition coefficient (Wildman–Crippen LogP) is 3.21. The first-order valence-corrected chi connectivity index (χ1v) is 8.75. The van der Waals surface area contributed by atoms with Gasteiger partial charge in [0.15, 0.2) is 0 Å². The molecule has 0 aliphatic carbocycles. The van der Waals surface area contributed by atoms with Gasteiger partial charge < -0.3 is 10.6 Å². The number of nitrogens with zero attached hydrogens (tertiary/aromatic N) is 1. The monoisotopic (exact) mass is 364 g/mol. The Bertz CT molecular complexity index is 695. The van der Waals surface area contributed by atoms with Crippen molar-refractivity contribution in [3.63, 3.8) is 0 Å². The SMILES string of the molecule is Cl.NCC1CCN(C(=O)c2ccccc2C(=O)c2cccs2)CC1. The van der Waals surface area contributed by atoms with Gasteiger partial charge >= 0.3 is 0 Å². The fraction of sp³-hybridized carbons (Fsp3) is 0.333. The van der Waals surface area contributed by atoms with Crippen molar-refractivity contribution in [3.05, 3.63) is 57.8 Å². The Hall–Kier alpha value is -1.69. The highest BCUT2D eigenvalue weighted by Crippen LogP contribution is 2.22. The number of halogens is 1. The van der Waals surface area contributed by atoms with E-state index in [9.17, 15) is 9.59 Å². The van der Waals surface area contributed by atoms with Gasteiger partial charge in [-0.2, -0.15) is 0 Å². The lowest BCUT2D eigenvalue weighted by molar-refractivity contribution is 0.0690. The summed E-state index contributed by atoms with van der Waals surface area (Å²) in [6.07, 6.45) is 1.87. The van der Waals surface area contributed by atoms with Crippen LogP contribution in [0, 0.1) is 5.92 Å². The van der Waals surface area contributed by atoms with E-state index in [1.165, 1.54) is 11.3 Å². The number of thiophene rings is 1. The van der Waals surface area contributed by atoms with Crippen LogP contribution in [-0.4, -0.2) is 36.2 Å². The summed E-state index contributed by atoms with van der Waals surface area (Å²) in [6.45, 7) is 2.10. The zero-order valence-corrected chi connectivity index (χ0v) is 14.9. The Morgan fingerprint density at radius 1 is 1.08 bits per heavy atom. The van der Waals surface area contributed by atoms with E-state index in [0.717, 1.165) is 12.8 Å². The van der Waals surface area contributed by atoms with Crippen LogP contribution in [0.5, 0.6) is 0 Å². The number of amides is 1. The second-order valence-electron chi connectivity index (χ2n) is 5.82. The van der Waals surface area contributed by atoms with Crippen LogP contribution in [0.4, 0.5) is 0 Å². The molecule has 0 radical (unpaired) electrons. The van der Waals surface area contributed by atoms with Gasteiger partial charge in [0.05, 0.1) is 10.4 Å². The number of carbonyl (C=O) groups excluding carboxylic acids is 2. The molecule has 0 spiro atoms. The van der Waals surface area contributed by atoms with E-state index in [-0.39, 0.29) is 24.1 Å². The lowest BCUT2D eigenvalue weighted by atomic mass is 9.95. The van der Waals surface area contributed by atoms with Gasteiger partial charge in [0.1, 0.15) is 0 Å². The van der Waals surface area contributed by atoms with Gasteiger partial charge in [-0.3, -0.25) is 9.59 Å². The first-order valence-electron chi connectivity index (χ1n) is 7.87. The second kappa shape index (κ2) is 8.42. The summed E-state index contributed by atoms with van der Waals surface area (Å²) in [5, 5.41) is 1.87. The van der Waals surface area contributed by atoms with Crippen molar-refractivity contribution in [2.24, 2.45) is 11.7 Å². The van der Waals surface area contributed by atoms with Crippen LogP contribution in [0.3, 0.4) is 0 Å². The smallest absolute Gasteiger partial charge is 0.254 e. The van der Waals surface area contributed by atoms with Crippen LogP contribution in [0.15, 0.2) is 41.8 Å². The predicted molar refractivity (Wildman–Crippen MR) is 99.1 cm³/mol. The largest absolute Gasteiger partial charge is 0.339 e. The van der Waals surface area contributed by atoms with Crippen molar-refractivity contribution in [2.45, 2.75) is 12.8 Å². The molecule has 3 rings (SSSR count). The molecule has 1 amide bonds. The summed E-state index contributed by atoms with van der Waals surface area (Å²) >= 11 is 1.40. The molecule has 1 aliphatic rings. The molecule has 0 unspecified atom stereocenters. The molecule has 2 N–H and O–H groups in total. The quantitative estimate of drug-likeness (QED) is 0.847. The third-order valence-electron chi connectivity index (χ3n) is 4.38. The van der Waals surface area contributed by atoms with Crippen LogP contribution in [0.25, 0.3) is 0 Å². The lowest BCUT2D eigenvalue weighted by Crippen LogP contribution is -2.40. The van der Waals surface area contributed by atoms with Crippen molar-refractivity contribution in [3.8, 4) is 0 Å². The van der Waals surface area contributed by atoms with Gasteiger partial charge in [0.25, 0.3) is 5.91 Å². The number of rotatable bonds is 4. The molecule has 4 nitrogen and oxygen atoms in total. The van der Waals surface area contributed by atoms with Crippen molar-refractivity contribution in [1.82, 2.24) is 4.90 Å². The van der Waals surface area contributed by atoms with Crippen molar-refractivity contribution in [1.29, 1.82) is 0 Å². The van der Waals surface area contributed by atoms with E-state index in [4.69, 9.17) is 5.73 Å². The molecule has 24 heavy (non-hydrogen) atoms. The topological polar surface area (TPSA) is 63.4 Å². The average molecular weight is 365 g/mol. The maximum Gasteiger partial charge on any atom is 0.254 e. The second-order valence-corrected chi connectivity index (χ2v) is 6.77. The van der Waals surface area contributed by atoms with Gasteiger partial charge in [-0.25, -0.2) is 0 Å². The fourth-order valence-corrected chi connectivity index (χ4v) is 3.63. The molecule has 0 saturated carbocycles. The Morgan fingerprint density at radius 2 is 1.75 bits per heavy atom. The number of hydrogen-bond acceptors (Lipinski definition) is 4. The summed E-state index contributed by atoms with van der Waals surface area (Å²) in [5.74, 6) is 0.365. The van der Waals surface area contributed by atoms with E-state index < -0.39 is 0 Å². The van der Waals surface area contributed by atoms with E-state index in [1.54, 1.807) is 24.3 Å². The highest BCUT2D eigenvalue weighted by atomic mass is 35.5.